The number of benzene rings is 1. The molecule has 0 spiro atoms. The summed E-state index contributed by atoms with van der Waals surface area (Å²) in [6.07, 6.45) is 3.26. The van der Waals surface area contributed by atoms with Crippen LogP contribution in [0.3, 0.4) is 0 Å². The highest BCUT2D eigenvalue weighted by atomic mass is 16.6. The molecular weight excluding hydrogens is 298 g/mol. The highest BCUT2D eigenvalue weighted by molar-refractivity contribution is 5.93. The molecule has 0 saturated heterocycles. The summed E-state index contributed by atoms with van der Waals surface area (Å²) in [6.45, 7) is 3.21. The SMILES string of the molecule is CC(=O)c1ccc[n+](CC(=O)Nc2cc([N+](=O)[O-])ccc2C)c1. The molecule has 0 aliphatic heterocycles. The van der Waals surface area contributed by atoms with Gasteiger partial charge in [-0.2, -0.15) is 4.57 Å². The molecule has 1 aromatic heterocycles. The molecule has 0 radical (unpaired) electrons. The average Bonchev–Trinajstić information content (AvgIpc) is 2.49. The molecule has 1 heterocycles. The first-order valence-corrected chi connectivity index (χ1v) is 6.92. The molecule has 0 unspecified atom stereocenters. The first-order chi connectivity index (χ1) is 10.9. The van der Waals surface area contributed by atoms with Crippen molar-refractivity contribution in [1.29, 1.82) is 0 Å². The van der Waals surface area contributed by atoms with Crippen LogP contribution in [0, 0.1) is 17.0 Å². The van der Waals surface area contributed by atoms with Crippen molar-refractivity contribution < 1.29 is 19.1 Å². The van der Waals surface area contributed by atoms with E-state index in [2.05, 4.69) is 5.32 Å². The number of pyridine rings is 1. The summed E-state index contributed by atoms with van der Waals surface area (Å²) in [7, 11) is 0. The van der Waals surface area contributed by atoms with E-state index >= 15 is 0 Å². The predicted octanol–water partition coefficient (Wildman–Crippen LogP) is 2.03. The molecule has 1 N–H and O–H groups in total. The van der Waals surface area contributed by atoms with Gasteiger partial charge in [0.15, 0.2) is 18.2 Å². The number of nitro benzene ring substituents is 1. The highest BCUT2D eigenvalue weighted by Crippen LogP contribution is 2.21. The zero-order chi connectivity index (χ0) is 17.0. The first-order valence-electron chi connectivity index (χ1n) is 6.92. The van der Waals surface area contributed by atoms with Crippen molar-refractivity contribution in [3.63, 3.8) is 0 Å². The number of ketones is 1. The lowest BCUT2D eigenvalue weighted by molar-refractivity contribution is -0.684. The molecule has 1 amide bonds. The Kier molecular flexibility index (Phi) is 4.80. The van der Waals surface area contributed by atoms with Gasteiger partial charge in [0.05, 0.1) is 16.2 Å². The van der Waals surface area contributed by atoms with Crippen molar-refractivity contribution in [1.82, 2.24) is 0 Å². The Hall–Kier alpha value is -3.09. The fraction of sp³-hybridized carbons (Fsp3) is 0.188. The third-order valence-corrected chi connectivity index (χ3v) is 3.30. The zero-order valence-corrected chi connectivity index (χ0v) is 12.8. The summed E-state index contributed by atoms with van der Waals surface area (Å²) in [6, 6.07) is 7.64. The third kappa shape index (κ3) is 4.19. The van der Waals surface area contributed by atoms with E-state index in [-0.39, 0.29) is 23.9 Å². The molecule has 118 valence electrons. The standard InChI is InChI=1S/C16H15N3O4/c1-11-5-6-14(19(22)23)8-15(11)17-16(21)10-18-7-3-4-13(9-18)12(2)20/h3-9H,10H2,1-2H3/p+1. The molecule has 2 aromatic rings. The number of anilines is 1. The van der Waals surface area contributed by atoms with Crippen molar-refractivity contribution in [2.75, 3.05) is 5.32 Å². The molecule has 0 fully saturated rings. The van der Waals surface area contributed by atoms with Gasteiger partial charge in [-0.1, -0.05) is 6.07 Å². The summed E-state index contributed by atoms with van der Waals surface area (Å²) < 4.78 is 1.58. The van der Waals surface area contributed by atoms with Crippen molar-refractivity contribution in [3.05, 3.63) is 64.0 Å². The number of hydrogen-bond acceptors (Lipinski definition) is 4. The molecule has 0 bridgehead atoms. The molecule has 23 heavy (non-hydrogen) atoms. The van der Waals surface area contributed by atoms with Gasteiger partial charge in [-0.05, 0) is 25.5 Å². The van der Waals surface area contributed by atoms with Crippen LogP contribution < -0.4 is 9.88 Å². The minimum atomic E-state index is -0.514. The van der Waals surface area contributed by atoms with Crippen LogP contribution >= 0.6 is 0 Å². The van der Waals surface area contributed by atoms with E-state index < -0.39 is 4.92 Å². The minimum absolute atomic E-state index is 0.00323. The molecule has 1 aromatic carbocycles. The number of rotatable bonds is 5. The van der Waals surface area contributed by atoms with E-state index in [1.54, 1.807) is 42.1 Å². The van der Waals surface area contributed by atoms with Crippen molar-refractivity contribution >= 4 is 23.1 Å². The molecule has 0 aliphatic rings. The van der Waals surface area contributed by atoms with E-state index in [0.29, 0.717) is 11.3 Å². The lowest BCUT2D eigenvalue weighted by Gasteiger charge is -2.06. The van der Waals surface area contributed by atoms with E-state index in [1.165, 1.54) is 19.1 Å². The first kappa shape index (κ1) is 16.3. The number of carbonyl (C=O) groups is 2. The lowest BCUT2D eigenvalue weighted by atomic mass is 10.2. The maximum Gasteiger partial charge on any atom is 0.290 e. The molecule has 0 saturated carbocycles. The molecule has 0 aliphatic carbocycles. The van der Waals surface area contributed by atoms with Gasteiger partial charge in [-0.3, -0.25) is 19.7 Å². The summed E-state index contributed by atoms with van der Waals surface area (Å²) in [5, 5.41) is 13.5. The Balaban J connectivity index is 2.14. The van der Waals surface area contributed by atoms with E-state index in [0.717, 1.165) is 5.56 Å². The fourth-order valence-electron chi connectivity index (χ4n) is 2.04. The molecule has 7 heteroatoms. The second-order valence-electron chi connectivity index (χ2n) is 5.13. The number of nitrogens with zero attached hydrogens (tertiary/aromatic N) is 2. The topological polar surface area (TPSA) is 93.2 Å². The average molecular weight is 314 g/mol. The van der Waals surface area contributed by atoms with E-state index in [4.69, 9.17) is 0 Å². The smallest absolute Gasteiger partial charge is 0.290 e. The Labute approximate surface area is 132 Å². The summed E-state index contributed by atoms with van der Waals surface area (Å²) in [5.74, 6) is -0.423. The second-order valence-corrected chi connectivity index (χ2v) is 5.13. The predicted molar refractivity (Wildman–Crippen MR) is 83.1 cm³/mol. The summed E-state index contributed by atoms with van der Waals surface area (Å²) in [4.78, 5) is 33.7. The van der Waals surface area contributed by atoms with Crippen LogP contribution in [0.4, 0.5) is 11.4 Å². The maximum absolute atomic E-state index is 12.1. The number of Topliss-reactive ketones (excluding diaryl/α,β-unsaturated/α-hetero) is 1. The van der Waals surface area contributed by atoms with Gasteiger partial charge in [0, 0.05) is 18.2 Å². The van der Waals surface area contributed by atoms with Gasteiger partial charge in [0.1, 0.15) is 0 Å². The van der Waals surface area contributed by atoms with Crippen LogP contribution in [-0.4, -0.2) is 16.6 Å². The van der Waals surface area contributed by atoms with Crippen LogP contribution in [0.1, 0.15) is 22.8 Å². The quantitative estimate of drug-likeness (QED) is 0.395. The summed E-state index contributed by atoms with van der Waals surface area (Å²) in [5.41, 5.74) is 1.54. The second kappa shape index (κ2) is 6.78. The van der Waals surface area contributed by atoms with E-state index in [9.17, 15) is 19.7 Å². The van der Waals surface area contributed by atoms with Crippen LogP contribution in [0.25, 0.3) is 0 Å². The monoisotopic (exact) mass is 314 g/mol. The number of nitro groups is 1. The Morgan fingerprint density at radius 3 is 2.70 bits per heavy atom. The molecule has 2 rings (SSSR count). The number of aromatic nitrogens is 1. The van der Waals surface area contributed by atoms with Crippen LogP contribution in [0.5, 0.6) is 0 Å². The Morgan fingerprint density at radius 1 is 1.30 bits per heavy atom. The molecular formula is C16H16N3O4+. The molecule has 7 nitrogen and oxygen atoms in total. The van der Waals surface area contributed by atoms with Crippen molar-refractivity contribution in [2.45, 2.75) is 20.4 Å². The number of nitrogens with one attached hydrogen (secondary N) is 1. The highest BCUT2D eigenvalue weighted by Gasteiger charge is 2.15. The van der Waals surface area contributed by atoms with Gasteiger partial charge >= 0.3 is 0 Å². The normalized spacial score (nSPS) is 10.2. The van der Waals surface area contributed by atoms with Crippen LogP contribution in [0.15, 0.2) is 42.7 Å². The molecule has 0 atom stereocenters. The van der Waals surface area contributed by atoms with Gasteiger partial charge in [-0.15, -0.1) is 0 Å². The third-order valence-electron chi connectivity index (χ3n) is 3.30. The van der Waals surface area contributed by atoms with Gasteiger partial charge in [0.25, 0.3) is 11.6 Å². The van der Waals surface area contributed by atoms with Crippen molar-refractivity contribution in [3.8, 4) is 0 Å². The van der Waals surface area contributed by atoms with Crippen molar-refractivity contribution in [2.24, 2.45) is 0 Å². The minimum Gasteiger partial charge on any atom is -0.320 e. The fourth-order valence-corrected chi connectivity index (χ4v) is 2.04. The van der Waals surface area contributed by atoms with Crippen LogP contribution in [0.2, 0.25) is 0 Å². The van der Waals surface area contributed by atoms with Gasteiger partial charge in [-0.25, -0.2) is 0 Å². The number of non-ortho nitro benzene ring substituents is 1. The Bertz CT molecular complexity index is 787. The van der Waals surface area contributed by atoms with Gasteiger partial charge < -0.3 is 5.32 Å². The number of aryl methyl sites for hydroxylation is 1. The zero-order valence-electron chi connectivity index (χ0n) is 12.8. The number of hydrogen-bond donors (Lipinski definition) is 1. The largest absolute Gasteiger partial charge is 0.320 e. The van der Waals surface area contributed by atoms with Crippen LogP contribution in [-0.2, 0) is 11.3 Å². The number of carbonyl (C=O) groups excluding carboxylic acids is 2. The maximum atomic E-state index is 12.1. The Morgan fingerprint density at radius 2 is 2.04 bits per heavy atom. The number of amides is 1. The van der Waals surface area contributed by atoms with E-state index in [1.807, 2.05) is 0 Å². The lowest BCUT2D eigenvalue weighted by Crippen LogP contribution is -2.40. The summed E-state index contributed by atoms with van der Waals surface area (Å²) >= 11 is 0. The van der Waals surface area contributed by atoms with Gasteiger partial charge in [0.2, 0.25) is 6.54 Å².